The van der Waals surface area contributed by atoms with Crippen LogP contribution in [-0.2, 0) is 27.4 Å². The second kappa shape index (κ2) is 12.0. The number of ether oxygens (including phenoxy) is 2. The minimum Gasteiger partial charge on any atom is -0.501 e. The molecule has 0 atom stereocenters. The van der Waals surface area contributed by atoms with Crippen molar-refractivity contribution < 1.29 is 32.2 Å². The molecule has 0 saturated carbocycles. The fourth-order valence-electron chi connectivity index (χ4n) is 3.47. The number of rotatable bonds is 8. The van der Waals surface area contributed by atoms with Crippen molar-refractivity contribution in [3.05, 3.63) is 43.6 Å². The van der Waals surface area contributed by atoms with Gasteiger partial charge in [0.05, 0.1) is 31.2 Å². The molecule has 0 aliphatic carbocycles. The zero-order valence-electron chi connectivity index (χ0n) is 22.4. The number of hydrogen-bond donors (Lipinski definition) is 1. The second-order valence-corrected chi connectivity index (χ2v) is 10.8. The lowest BCUT2D eigenvalue weighted by Crippen LogP contribution is -2.47. The van der Waals surface area contributed by atoms with Crippen LogP contribution in [0.1, 0.15) is 64.4 Å². The zero-order valence-corrected chi connectivity index (χ0v) is 23.2. The van der Waals surface area contributed by atoms with Crippen molar-refractivity contribution in [2.24, 2.45) is 0 Å². The summed E-state index contributed by atoms with van der Waals surface area (Å²) in [6, 6.07) is -0.602. The molecule has 2 heterocycles. The van der Waals surface area contributed by atoms with E-state index in [2.05, 4.69) is 5.43 Å². The van der Waals surface area contributed by atoms with Crippen molar-refractivity contribution in [1.29, 1.82) is 0 Å². The molecule has 0 bridgehead atoms. The quantitative estimate of drug-likeness (QED) is 0.290. The highest BCUT2D eigenvalue weighted by Crippen LogP contribution is 2.30. The molecule has 0 aliphatic heterocycles. The minimum atomic E-state index is -4.52. The maximum absolute atomic E-state index is 13.2. The Bertz CT molecular complexity index is 1320. The number of amides is 2. The van der Waals surface area contributed by atoms with E-state index in [1.54, 1.807) is 48.5 Å². The third-order valence-corrected chi connectivity index (χ3v) is 6.44. The van der Waals surface area contributed by atoms with E-state index in [0.717, 1.165) is 37.8 Å². The average Bonchev–Trinajstić information content (AvgIpc) is 3.07. The average molecular weight is 563 g/mol. The number of carbonyl (C=O) groups excluding carboxylic acids is 2. The number of alkyl halides is 3. The lowest BCUT2D eigenvalue weighted by molar-refractivity contribution is -0.136. The first-order chi connectivity index (χ1) is 17.5. The lowest BCUT2D eigenvalue weighted by atomic mass is 10.2. The molecule has 212 valence electrons. The number of thiophene rings is 1. The molecule has 0 fully saturated rings. The largest absolute Gasteiger partial charge is 0.501 e. The molecule has 1 N–H and O–H groups in total. The van der Waals surface area contributed by atoms with Gasteiger partial charge in [0.1, 0.15) is 10.4 Å². The van der Waals surface area contributed by atoms with E-state index in [0.29, 0.717) is 17.0 Å². The number of hydrazine groups is 1. The van der Waals surface area contributed by atoms with E-state index >= 15 is 0 Å². The third-order valence-electron chi connectivity index (χ3n) is 5.14. The monoisotopic (exact) mass is 562 g/mol. The predicted molar refractivity (Wildman–Crippen MR) is 137 cm³/mol. The number of hydrogen-bond acceptors (Lipinski definition) is 7. The van der Waals surface area contributed by atoms with Crippen LogP contribution in [0, 0.1) is 6.92 Å². The number of nitrogens with zero attached hydrogens (tertiary/aromatic N) is 3. The Kier molecular flexibility index (Phi) is 9.81. The summed E-state index contributed by atoms with van der Waals surface area (Å²) < 4.78 is 51.2. The molecule has 0 unspecified atom stereocenters. The number of aryl methyl sites for hydroxylation is 2. The van der Waals surface area contributed by atoms with Crippen LogP contribution in [0.3, 0.4) is 0 Å². The zero-order chi connectivity index (χ0) is 29.0. The fourth-order valence-corrected chi connectivity index (χ4v) is 4.78. The number of halogens is 3. The number of nitrogens with one attached hydrogen (secondary N) is 1. The third kappa shape index (κ3) is 7.85. The van der Waals surface area contributed by atoms with Crippen molar-refractivity contribution in [1.82, 2.24) is 19.6 Å². The molecule has 2 aromatic heterocycles. The second-order valence-electron chi connectivity index (χ2n) is 9.69. The number of carbonyl (C=O) groups is 2. The van der Waals surface area contributed by atoms with Crippen LogP contribution in [0.4, 0.5) is 18.0 Å². The smallest absolute Gasteiger partial charge is 0.426 e. The van der Waals surface area contributed by atoms with Crippen LogP contribution in [0.15, 0.2) is 21.9 Å². The molecular weight excluding hydrogens is 529 g/mol. The summed E-state index contributed by atoms with van der Waals surface area (Å²) in [5, 5.41) is 1.01. The summed E-state index contributed by atoms with van der Waals surface area (Å²) in [5.74, 6) is -0.685. The van der Waals surface area contributed by atoms with Gasteiger partial charge >= 0.3 is 18.0 Å². The molecular formula is C24H33F3N4O6S. The van der Waals surface area contributed by atoms with E-state index < -0.39 is 54.0 Å². The molecule has 10 nitrogen and oxygen atoms in total. The molecule has 38 heavy (non-hydrogen) atoms. The maximum atomic E-state index is 13.2. The Hall–Kier alpha value is -3.29. The summed E-state index contributed by atoms with van der Waals surface area (Å²) in [5.41, 5.74) is 0.384. The highest BCUT2D eigenvalue weighted by Gasteiger charge is 2.29. The van der Waals surface area contributed by atoms with Gasteiger partial charge in [-0.15, -0.1) is 11.3 Å². The first-order valence-electron chi connectivity index (χ1n) is 11.9. The van der Waals surface area contributed by atoms with Gasteiger partial charge in [0, 0.05) is 23.5 Å². The first kappa shape index (κ1) is 30.9. The van der Waals surface area contributed by atoms with Gasteiger partial charge in [0.15, 0.2) is 0 Å². The van der Waals surface area contributed by atoms with E-state index in [-0.39, 0.29) is 16.8 Å². The van der Waals surface area contributed by atoms with Gasteiger partial charge in [0.2, 0.25) is 0 Å². The minimum absolute atomic E-state index is 0.0585. The number of aromatic nitrogens is 2. The van der Waals surface area contributed by atoms with Crippen LogP contribution < -0.4 is 16.7 Å². The highest BCUT2D eigenvalue weighted by molar-refractivity contribution is 7.18. The Labute approximate surface area is 221 Å². The van der Waals surface area contributed by atoms with Gasteiger partial charge in [-0.05, 0) is 54.0 Å². The molecule has 0 spiro atoms. The van der Waals surface area contributed by atoms with Gasteiger partial charge in [-0.3, -0.25) is 18.7 Å². The van der Waals surface area contributed by atoms with E-state index in [9.17, 15) is 32.3 Å². The van der Waals surface area contributed by atoms with E-state index in [4.69, 9.17) is 9.47 Å². The summed E-state index contributed by atoms with van der Waals surface area (Å²) >= 11 is 0.905. The predicted octanol–water partition coefficient (Wildman–Crippen LogP) is 4.38. The molecule has 0 aromatic carbocycles. The normalized spacial score (nSPS) is 12.4. The van der Waals surface area contributed by atoms with Crippen LogP contribution in [0.25, 0.3) is 10.2 Å². The Morgan fingerprint density at radius 1 is 1.18 bits per heavy atom. The molecule has 2 amide bonds. The van der Waals surface area contributed by atoms with Crippen LogP contribution in [0.2, 0.25) is 0 Å². The van der Waals surface area contributed by atoms with Crippen molar-refractivity contribution in [3.8, 4) is 0 Å². The summed E-state index contributed by atoms with van der Waals surface area (Å²) in [6.45, 7) is 10.8. The fraction of sp³-hybridized carbons (Fsp3) is 0.583. The van der Waals surface area contributed by atoms with Gasteiger partial charge in [-0.1, -0.05) is 0 Å². The van der Waals surface area contributed by atoms with Crippen molar-refractivity contribution in [3.63, 3.8) is 0 Å². The van der Waals surface area contributed by atoms with Crippen LogP contribution in [-0.4, -0.2) is 44.5 Å². The summed E-state index contributed by atoms with van der Waals surface area (Å²) in [7, 11) is 0. The van der Waals surface area contributed by atoms with Gasteiger partial charge in [-0.25, -0.2) is 20.0 Å². The molecule has 14 heteroatoms. The summed E-state index contributed by atoms with van der Waals surface area (Å²) in [6.07, 6.45) is -4.47. The van der Waals surface area contributed by atoms with Gasteiger partial charge < -0.3 is 9.47 Å². The van der Waals surface area contributed by atoms with Crippen LogP contribution in [0.5, 0.6) is 0 Å². The number of fused-ring (bicyclic) bond motifs is 1. The van der Waals surface area contributed by atoms with E-state index in [1.807, 2.05) is 0 Å². The molecule has 2 rings (SSSR count). The topological polar surface area (TPSA) is 112 Å². The molecule has 2 aromatic rings. The van der Waals surface area contributed by atoms with Crippen molar-refractivity contribution in [2.75, 3.05) is 6.61 Å². The summed E-state index contributed by atoms with van der Waals surface area (Å²) in [4.78, 5) is 52.0. The lowest BCUT2D eigenvalue weighted by Gasteiger charge is -2.25. The van der Waals surface area contributed by atoms with Crippen LogP contribution >= 0.6 is 11.3 Å². The standard InChI is InChI=1S/C24H33F3N4O6S/c1-8-36-12-9-17(32)30(28-21(34)37-23(5,6)7)13-16-15(4)18-19(33)31(14(2)3)22(35)29(20(18)38-16)11-10-24(25,26)27/h9,12,14H,8,10-11,13H2,1-7H3,(H,28,34)/b12-9+. The Morgan fingerprint density at radius 3 is 2.34 bits per heavy atom. The Morgan fingerprint density at radius 2 is 1.82 bits per heavy atom. The van der Waals surface area contributed by atoms with Crippen molar-refractivity contribution >= 4 is 33.6 Å². The van der Waals surface area contributed by atoms with E-state index in [1.165, 1.54) is 0 Å². The molecule has 0 radical (unpaired) electrons. The highest BCUT2D eigenvalue weighted by atomic mass is 32.1. The van der Waals surface area contributed by atoms with Gasteiger partial charge in [-0.2, -0.15) is 13.2 Å². The molecule has 0 saturated heterocycles. The SMILES string of the molecule is CCO/C=C/C(=O)N(Cc1sc2c(c1C)c(=O)n(C(C)C)c(=O)n2CCC(F)(F)F)NC(=O)OC(C)(C)C. The molecule has 0 aliphatic rings. The van der Waals surface area contributed by atoms with Crippen molar-refractivity contribution in [2.45, 2.75) is 85.8 Å². The van der Waals surface area contributed by atoms with Gasteiger partial charge in [0.25, 0.3) is 11.5 Å². The Balaban J connectivity index is 2.64. The first-order valence-corrected chi connectivity index (χ1v) is 12.7. The maximum Gasteiger partial charge on any atom is 0.426 e.